The molecule has 1 aromatic carbocycles. The molecule has 1 N–H and O–H groups in total. The van der Waals surface area contributed by atoms with Gasteiger partial charge in [0.1, 0.15) is 0 Å². The van der Waals surface area contributed by atoms with Gasteiger partial charge in [-0.25, -0.2) is 0 Å². The Balaban J connectivity index is 1.14. The molecule has 1 unspecified atom stereocenters. The van der Waals surface area contributed by atoms with Crippen molar-refractivity contribution >= 4 is 11.8 Å². The Morgan fingerprint density at radius 1 is 0.557 bits per heavy atom. The molecule has 4 fully saturated rings. The van der Waals surface area contributed by atoms with E-state index in [2.05, 4.69) is 16.7 Å². The fraction of sp³-hybridized carbons (Fsp3) is 0.849. The van der Waals surface area contributed by atoms with Crippen LogP contribution in [-0.2, 0) is 20.9 Å². The van der Waals surface area contributed by atoms with Crippen LogP contribution in [-0.4, -0.2) is 76.8 Å². The zero-order chi connectivity index (χ0) is 42.7. The van der Waals surface area contributed by atoms with Crippen molar-refractivity contribution in [1.29, 1.82) is 0 Å². The van der Waals surface area contributed by atoms with Crippen LogP contribution in [0.3, 0.4) is 0 Å². The molecule has 4 aliphatic rings. The Kier molecular flexibility index (Phi) is 24.4. The summed E-state index contributed by atoms with van der Waals surface area (Å²) in [6.07, 6.45) is 41.1. The summed E-state index contributed by atoms with van der Waals surface area (Å²) in [6, 6.07) is 7.01. The first-order valence-electron chi connectivity index (χ1n) is 26.3. The largest absolute Gasteiger partial charge is 0.480 e. The molecular weight excluding hydrogens is 761 g/mol. The van der Waals surface area contributed by atoms with E-state index in [1.807, 2.05) is 18.2 Å². The third-order valence-electron chi connectivity index (χ3n) is 14.7. The quantitative estimate of drug-likeness (QED) is 0.0808. The monoisotopic (exact) mass is 851 g/mol. The highest BCUT2D eigenvalue weighted by Gasteiger charge is 2.34. The lowest BCUT2D eigenvalue weighted by atomic mass is 9.88. The van der Waals surface area contributed by atoms with Crippen LogP contribution in [0, 0.1) is 0 Å². The Morgan fingerprint density at radius 3 is 1.43 bits per heavy atom. The number of hydrogen-bond acceptors (Lipinski definition) is 6. The standard InChI is InChI=1S/C53H90N2O6/c1-2-3-4-5-6-7-8-9-10-11-12-25-37-49(56)38-27-40-59-41-44-28-26-39-50(60-42-51(57)54(45-29-17-13-18-30-45)46-31-19-14-20-32-46)53(44)61-43-52(58)55(47-33-21-15-22-34-47)48-35-23-16-24-36-48/h26,28,39,45-49,56H,2-25,27,29-38,40-43H2,1H3. The van der Waals surface area contributed by atoms with Crippen LogP contribution >= 0.6 is 0 Å². The Hall–Kier alpha value is -2.32. The lowest BCUT2D eigenvalue weighted by molar-refractivity contribution is -0.141. The van der Waals surface area contributed by atoms with Gasteiger partial charge in [0.15, 0.2) is 24.7 Å². The van der Waals surface area contributed by atoms with Crippen molar-refractivity contribution in [3.63, 3.8) is 0 Å². The zero-order valence-electron chi connectivity index (χ0n) is 39.1. The minimum Gasteiger partial charge on any atom is -0.480 e. The number of amides is 2. The molecule has 1 aromatic rings. The van der Waals surface area contributed by atoms with E-state index >= 15 is 0 Å². The van der Waals surface area contributed by atoms with E-state index in [1.54, 1.807) is 0 Å². The number of hydrogen-bond donors (Lipinski definition) is 1. The van der Waals surface area contributed by atoms with Crippen molar-refractivity contribution in [3.8, 4) is 11.5 Å². The molecule has 0 saturated heterocycles. The fourth-order valence-electron chi connectivity index (χ4n) is 11.2. The molecule has 0 heterocycles. The molecule has 0 aromatic heterocycles. The summed E-state index contributed by atoms with van der Waals surface area (Å²) in [6.45, 7) is 3.05. The fourth-order valence-corrected chi connectivity index (χ4v) is 11.2. The van der Waals surface area contributed by atoms with Crippen molar-refractivity contribution in [3.05, 3.63) is 23.8 Å². The molecule has 1 atom stereocenters. The molecule has 4 saturated carbocycles. The van der Waals surface area contributed by atoms with Gasteiger partial charge in [0, 0.05) is 36.3 Å². The molecule has 0 bridgehead atoms. The molecule has 8 nitrogen and oxygen atoms in total. The van der Waals surface area contributed by atoms with E-state index in [9.17, 15) is 14.7 Å². The van der Waals surface area contributed by atoms with E-state index in [4.69, 9.17) is 14.2 Å². The van der Waals surface area contributed by atoms with E-state index in [0.29, 0.717) is 48.9 Å². The van der Waals surface area contributed by atoms with E-state index < -0.39 is 0 Å². The smallest absolute Gasteiger partial charge is 0.261 e. The van der Waals surface area contributed by atoms with Crippen LogP contribution < -0.4 is 9.47 Å². The number of aliphatic hydroxyl groups excluding tert-OH is 1. The second-order valence-corrected chi connectivity index (χ2v) is 19.6. The Morgan fingerprint density at radius 2 is 0.967 bits per heavy atom. The van der Waals surface area contributed by atoms with Gasteiger partial charge in [-0.1, -0.05) is 173 Å². The molecule has 0 aliphatic heterocycles. The maximum Gasteiger partial charge on any atom is 0.261 e. The van der Waals surface area contributed by atoms with Gasteiger partial charge >= 0.3 is 0 Å². The third-order valence-corrected chi connectivity index (χ3v) is 14.7. The van der Waals surface area contributed by atoms with Crippen LogP contribution in [0.5, 0.6) is 11.5 Å². The number of carbonyl (C=O) groups excluding carboxylic acids is 2. The number of benzene rings is 1. The van der Waals surface area contributed by atoms with Crippen LogP contribution in [0.15, 0.2) is 18.2 Å². The molecule has 4 aliphatic carbocycles. The van der Waals surface area contributed by atoms with Crippen molar-refractivity contribution in [2.45, 2.75) is 269 Å². The van der Waals surface area contributed by atoms with Crippen molar-refractivity contribution < 1.29 is 28.9 Å². The van der Waals surface area contributed by atoms with Gasteiger partial charge < -0.3 is 29.1 Å². The number of nitrogens with zero attached hydrogens (tertiary/aromatic N) is 2. The van der Waals surface area contributed by atoms with Gasteiger partial charge in [-0.3, -0.25) is 9.59 Å². The second-order valence-electron chi connectivity index (χ2n) is 19.6. The van der Waals surface area contributed by atoms with Gasteiger partial charge in [-0.15, -0.1) is 0 Å². The van der Waals surface area contributed by atoms with Gasteiger partial charge in [-0.2, -0.15) is 0 Å². The van der Waals surface area contributed by atoms with Crippen molar-refractivity contribution in [2.24, 2.45) is 0 Å². The molecule has 348 valence electrons. The van der Waals surface area contributed by atoms with Gasteiger partial charge in [0.2, 0.25) is 0 Å². The van der Waals surface area contributed by atoms with Crippen molar-refractivity contribution in [2.75, 3.05) is 19.8 Å². The molecule has 5 rings (SSSR count). The van der Waals surface area contributed by atoms with E-state index in [-0.39, 0.29) is 31.1 Å². The molecule has 0 spiro atoms. The van der Waals surface area contributed by atoms with Crippen LogP contribution in [0.4, 0.5) is 0 Å². The lowest BCUT2D eigenvalue weighted by Gasteiger charge is -2.42. The summed E-state index contributed by atoms with van der Waals surface area (Å²) in [7, 11) is 0. The number of ether oxygens (including phenoxy) is 3. The van der Waals surface area contributed by atoms with Crippen molar-refractivity contribution in [1.82, 2.24) is 9.80 Å². The first-order valence-corrected chi connectivity index (χ1v) is 26.3. The van der Waals surface area contributed by atoms with E-state index in [1.165, 1.54) is 148 Å². The van der Waals surface area contributed by atoms with Gasteiger partial charge in [0.25, 0.3) is 11.8 Å². The number of aliphatic hydroxyl groups is 1. The van der Waals surface area contributed by atoms with Crippen LogP contribution in [0.1, 0.15) is 237 Å². The summed E-state index contributed by atoms with van der Waals surface area (Å²) in [5, 5.41) is 10.7. The summed E-state index contributed by atoms with van der Waals surface area (Å²) in [4.78, 5) is 32.8. The SMILES string of the molecule is CCCCCCCCCCCCCCC(O)CCCOCc1cccc(OCC(=O)N(C2CCCCC2)C2CCCCC2)c1OCC(=O)N(C1CCCCC1)C1CCCCC1. The zero-order valence-corrected chi connectivity index (χ0v) is 39.1. The predicted octanol–water partition coefficient (Wildman–Crippen LogP) is 13.2. The normalized spacial score (nSPS) is 19.1. The predicted molar refractivity (Wildman–Crippen MR) is 249 cm³/mol. The maximum atomic E-state index is 14.3. The highest BCUT2D eigenvalue weighted by atomic mass is 16.5. The van der Waals surface area contributed by atoms with Crippen LogP contribution in [0.25, 0.3) is 0 Å². The van der Waals surface area contributed by atoms with Gasteiger partial charge in [0.05, 0.1) is 12.7 Å². The topological polar surface area (TPSA) is 88.5 Å². The molecule has 0 radical (unpaired) electrons. The summed E-state index contributed by atoms with van der Waals surface area (Å²) >= 11 is 0. The highest BCUT2D eigenvalue weighted by molar-refractivity contribution is 5.79. The number of para-hydroxylation sites is 1. The first kappa shape index (κ1) is 49.7. The second kappa shape index (κ2) is 29.9. The molecular formula is C53H90N2O6. The third kappa shape index (κ3) is 18.0. The average Bonchev–Trinajstić information content (AvgIpc) is 3.29. The molecule has 2 amide bonds. The number of rotatable bonds is 29. The minimum absolute atomic E-state index is 0.0328. The first-order chi connectivity index (χ1) is 30.0. The maximum absolute atomic E-state index is 14.3. The number of carbonyl (C=O) groups is 2. The number of unbranched alkanes of at least 4 members (excludes halogenated alkanes) is 11. The van der Waals surface area contributed by atoms with Crippen LogP contribution in [0.2, 0.25) is 0 Å². The summed E-state index contributed by atoms with van der Waals surface area (Å²) in [5.41, 5.74) is 0.827. The summed E-state index contributed by atoms with van der Waals surface area (Å²) in [5.74, 6) is 1.17. The summed E-state index contributed by atoms with van der Waals surface area (Å²) < 4.78 is 19.2. The van der Waals surface area contributed by atoms with E-state index in [0.717, 1.165) is 82.6 Å². The Labute approximate surface area is 373 Å². The average molecular weight is 851 g/mol. The highest BCUT2D eigenvalue weighted by Crippen LogP contribution is 2.35. The Bertz CT molecular complexity index is 1280. The van der Waals surface area contributed by atoms with Gasteiger partial charge in [-0.05, 0) is 76.7 Å². The molecule has 61 heavy (non-hydrogen) atoms. The molecule has 8 heteroatoms. The minimum atomic E-state index is -0.288. The lowest BCUT2D eigenvalue weighted by Crippen LogP contribution is -2.50.